The normalized spacial score (nSPS) is 21.7. The van der Waals surface area contributed by atoms with Crippen LogP contribution < -0.4 is 5.73 Å². The fourth-order valence-electron chi connectivity index (χ4n) is 5.87. The van der Waals surface area contributed by atoms with Crippen molar-refractivity contribution in [3.63, 3.8) is 0 Å². The van der Waals surface area contributed by atoms with Crippen molar-refractivity contribution in [2.45, 2.75) is 42.9 Å². The smallest absolute Gasteiger partial charge is 0.384 e. The first-order chi connectivity index (χ1) is 19.5. The molecule has 0 radical (unpaired) electrons. The van der Waals surface area contributed by atoms with Crippen LogP contribution in [0, 0.1) is 5.92 Å². The second-order valence-electron chi connectivity index (χ2n) is 10.8. The predicted molar refractivity (Wildman–Crippen MR) is 153 cm³/mol. The molecule has 0 bridgehead atoms. The highest BCUT2D eigenvalue weighted by molar-refractivity contribution is 7.90. The van der Waals surface area contributed by atoms with Gasteiger partial charge in [0.15, 0.2) is 0 Å². The second-order valence-corrected chi connectivity index (χ2v) is 12.6. The summed E-state index contributed by atoms with van der Waals surface area (Å²) in [5.41, 5.74) is 8.01. The number of halogens is 3. The molecule has 0 amide bonds. The molecule has 220 valence electrons. The van der Waals surface area contributed by atoms with Gasteiger partial charge in [0.25, 0.3) is 10.0 Å². The monoisotopic (exact) mass is 588 g/mol. The molecular weight excluding hydrogens is 553 g/mol. The number of likely N-dealkylation sites (N-methyl/N-ethyl adjacent to an activating group) is 1. The van der Waals surface area contributed by atoms with Crippen LogP contribution in [0.3, 0.4) is 0 Å². The fraction of sp³-hybridized carbons (Fsp3) is 0.414. The third-order valence-corrected chi connectivity index (χ3v) is 9.96. The number of alkyl halides is 3. The van der Waals surface area contributed by atoms with Gasteiger partial charge in [-0.05, 0) is 62.4 Å². The minimum Gasteiger partial charge on any atom is -0.384 e. The SMILES string of the molecule is C=C/C(=C\c1c(-c2cnn(C(F)(F)F)c2)cn(S(=O)(=O)c2ccccc2)c1N)[C@H]1CC[C@@H](N2CCN(C)CC2)CC1. The lowest BCUT2D eigenvalue weighted by molar-refractivity contribution is -0.212. The Hall–Kier alpha value is -3.35. The number of nitrogen functional groups attached to an aromatic ring is 1. The molecule has 5 rings (SSSR count). The summed E-state index contributed by atoms with van der Waals surface area (Å²) in [5.74, 6) is 0.0875. The number of hydrogen-bond donors (Lipinski definition) is 1. The number of piperazine rings is 1. The van der Waals surface area contributed by atoms with Gasteiger partial charge in [-0.2, -0.15) is 9.78 Å². The zero-order valence-electron chi connectivity index (χ0n) is 23.0. The van der Waals surface area contributed by atoms with Gasteiger partial charge in [-0.25, -0.2) is 12.4 Å². The van der Waals surface area contributed by atoms with Gasteiger partial charge in [-0.15, -0.1) is 13.2 Å². The van der Waals surface area contributed by atoms with Crippen LogP contribution in [0.1, 0.15) is 31.2 Å². The summed E-state index contributed by atoms with van der Waals surface area (Å²) in [6, 6.07) is 8.29. The summed E-state index contributed by atoms with van der Waals surface area (Å²) in [7, 11) is -1.97. The van der Waals surface area contributed by atoms with E-state index in [2.05, 4.69) is 28.5 Å². The second kappa shape index (κ2) is 11.5. The minimum atomic E-state index is -4.72. The molecule has 1 saturated heterocycles. The van der Waals surface area contributed by atoms with E-state index in [4.69, 9.17) is 5.73 Å². The van der Waals surface area contributed by atoms with Crippen LogP contribution >= 0.6 is 0 Å². The molecule has 41 heavy (non-hydrogen) atoms. The van der Waals surface area contributed by atoms with Crippen LogP contribution in [-0.2, 0) is 16.3 Å². The van der Waals surface area contributed by atoms with Gasteiger partial charge in [0.05, 0.1) is 11.1 Å². The molecule has 3 heterocycles. The maximum absolute atomic E-state index is 13.5. The Kier molecular flexibility index (Phi) is 8.18. The van der Waals surface area contributed by atoms with Crippen LogP contribution in [0.2, 0.25) is 0 Å². The van der Waals surface area contributed by atoms with E-state index in [-0.39, 0.29) is 32.4 Å². The van der Waals surface area contributed by atoms with E-state index in [0.717, 1.165) is 73.8 Å². The molecule has 0 unspecified atom stereocenters. The van der Waals surface area contributed by atoms with E-state index >= 15 is 0 Å². The van der Waals surface area contributed by atoms with E-state index in [1.807, 2.05) is 0 Å². The van der Waals surface area contributed by atoms with Crippen LogP contribution in [0.5, 0.6) is 0 Å². The van der Waals surface area contributed by atoms with Crippen LogP contribution in [0.25, 0.3) is 17.2 Å². The van der Waals surface area contributed by atoms with Crippen LogP contribution in [0.4, 0.5) is 19.0 Å². The van der Waals surface area contributed by atoms with Gasteiger partial charge in [0, 0.05) is 61.3 Å². The molecule has 2 N–H and O–H groups in total. The Morgan fingerprint density at radius 1 is 1.05 bits per heavy atom. The molecule has 1 aliphatic heterocycles. The first-order valence-electron chi connectivity index (χ1n) is 13.7. The first kappa shape index (κ1) is 29.2. The molecule has 8 nitrogen and oxygen atoms in total. The van der Waals surface area contributed by atoms with Crippen molar-refractivity contribution in [1.82, 2.24) is 23.6 Å². The zero-order chi connectivity index (χ0) is 29.4. The lowest BCUT2D eigenvalue weighted by Crippen LogP contribution is -2.49. The standard InChI is InChI=1S/C29H35F3N6O2S/c1-3-21(22-9-11-24(12-10-22)36-15-13-35(2)14-16-36)17-26-27(23-18-34-38(19-23)29(30,31)32)20-37(28(26)33)41(39,40)25-7-5-4-6-8-25/h3-8,17-20,22,24H,1,9-16,33H2,2H3/b21-17+/t22-,24+. The number of hydrogen-bond acceptors (Lipinski definition) is 6. The summed E-state index contributed by atoms with van der Waals surface area (Å²) in [6.45, 7) is 8.25. The number of aromatic nitrogens is 3. The highest BCUT2D eigenvalue weighted by Crippen LogP contribution is 2.39. The quantitative estimate of drug-likeness (QED) is 0.390. The zero-order valence-corrected chi connectivity index (χ0v) is 23.8. The van der Waals surface area contributed by atoms with Crippen molar-refractivity contribution in [1.29, 1.82) is 0 Å². The number of benzene rings is 1. The molecule has 1 aromatic carbocycles. The first-order valence-corrected chi connectivity index (χ1v) is 15.1. The molecular formula is C29H35F3N6O2S. The van der Waals surface area contributed by atoms with Crippen molar-refractivity contribution >= 4 is 21.9 Å². The third kappa shape index (κ3) is 6.00. The van der Waals surface area contributed by atoms with Crippen molar-refractivity contribution in [2.75, 3.05) is 39.0 Å². The lowest BCUT2D eigenvalue weighted by atomic mass is 9.80. The van der Waals surface area contributed by atoms with Gasteiger partial charge in [0.1, 0.15) is 5.82 Å². The van der Waals surface area contributed by atoms with Crippen molar-refractivity contribution < 1.29 is 21.6 Å². The molecule has 1 saturated carbocycles. The summed E-state index contributed by atoms with van der Waals surface area (Å²) in [5, 5.41) is 3.45. The molecule has 12 heteroatoms. The van der Waals surface area contributed by atoms with Gasteiger partial charge < -0.3 is 10.6 Å². The Bertz CT molecular complexity index is 1510. The van der Waals surface area contributed by atoms with Crippen LogP contribution in [0.15, 0.2) is 72.0 Å². The molecule has 2 aliphatic rings. The van der Waals surface area contributed by atoms with Gasteiger partial charge in [0.2, 0.25) is 0 Å². The topological polar surface area (TPSA) is 89.4 Å². The van der Waals surface area contributed by atoms with E-state index in [0.29, 0.717) is 11.6 Å². The predicted octanol–water partition coefficient (Wildman–Crippen LogP) is 5.02. The number of nitrogens with two attached hydrogens (primary N) is 1. The van der Waals surface area contributed by atoms with E-state index in [1.165, 1.54) is 18.3 Å². The van der Waals surface area contributed by atoms with Crippen molar-refractivity contribution in [3.8, 4) is 11.1 Å². The minimum absolute atomic E-state index is 0.0148. The van der Waals surface area contributed by atoms with Crippen LogP contribution in [-0.4, -0.2) is 71.2 Å². The van der Waals surface area contributed by atoms with Crippen molar-refractivity contribution in [3.05, 3.63) is 72.7 Å². The summed E-state index contributed by atoms with van der Waals surface area (Å²) < 4.78 is 67.9. The van der Waals surface area contributed by atoms with E-state index in [9.17, 15) is 21.6 Å². The summed E-state index contributed by atoms with van der Waals surface area (Å²) >= 11 is 0. The fourth-order valence-corrected chi connectivity index (χ4v) is 7.20. The van der Waals surface area contributed by atoms with Crippen molar-refractivity contribution in [2.24, 2.45) is 5.92 Å². The van der Waals surface area contributed by atoms with E-state index in [1.54, 1.807) is 30.4 Å². The Morgan fingerprint density at radius 2 is 1.71 bits per heavy atom. The Morgan fingerprint density at radius 3 is 2.29 bits per heavy atom. The number of allylic oxidation sites excluding steroid dienone is 2. The van der Waals surface area contributed by atoms with Gasteiger partial charge in [-0.1, -0.05) is 30.9 Å². The van der Waals surface area contributed by atoms with Gasteiger partial charge in [-0.3, -0.25) is 4.90 Å². The highest BCUT2D eigenvalue weighted by atomic mass is 32.2. The molecule has 2 fully saturated rings. The third-order valence-electron chi connectivity index (χ3n) is 8.27. The summed E-state index contributed by atoms with van der Waals surface area (Å²) in [6.07, 6.45) is 5.89. The Labute approximate surface area is 238 Å². The molecule has 1 aliphatic carbocycles. The molecule has 0 atom stereocenters. The maximum Gasteiger partial charge on any atom is 0.504 e. The number of rotatable bonds is 7. The molecule has 3 aromatic rings. The van der Waals surface area contributed by atoms with Gasteiger partial charge >= 0.3 is 6.30 Å². The highest BCUT2D eigenvalue weighted by Gasteiger charge is 2.33. The Balaban J connectivity index is 1.50. The largest absolute Gasteiger partial charge is 0.504 e. The van der Waals surface area contributed by atoms with E-state index < -0.39 is 16.3 Å². The maximum atomic E-state index is 13.5. The average molecular weight is 589 g/mol. The average Bonchev–Trinajstić information content (AvgIpc) is 3.58. The molecule has 2 aromatic heterocycles. The lowest BCUT2D eigenvalue weighted by Gasteiger charge is -2.41. The number of anilines is 1. The summed E-state index contributed by atoms with van der Waals surface area (Å²) in [4.78, 5) is 4.92. The number of nitrogens with zero attached hydrogens (tertiary/aromatic N) is 5. The molecule has 0 spiro atoms.